The van der Waals surface area contributed by atoms with Gasteiger partial charge in [0.05, 0.1) is 6.10 Å². The van der Waals surface area contributed by atoms with Gasteiger partial charge in [0.1, 0.15) is 11.7 Å². The summed E-state index contributed by atoms with van der Waals surface area (Å²) >= 11 is 0. The summed E-state index contributed by atoms with van der Waals surface area (Å²) in [6.07, 6.45) is 0.601. The van der Waals surface area contributed by atoms with Gasteiger partial charge in [0.15, 0.2) is 0 Å². The van der Waals surface area contributed by atoms with Crippen molar-refractivity contribution in [2.24, 2.45) is 5.92 Å². The van der Waals surface area contributed by atoms with Gasteiger partial charge in [-0.2, -0.15) is 0 Å². The number of pyridine rings is 1. The first-order chi connectivity index (χ1) is 9.85. The second-order valence-corrected chi connectivity index (χ2v) is 5.20. The zero-order valence-corrected chi connectivity index (χ0v) is 12.8. The van der Waals surface area contributed by atoms with Crippen LogP contribution in [-0.4, -0.2) is 34.1 Å². The highest BCUT2D eigenvalue weighted by molar-refractivity contribution is 5.95. The first-order valence-corrected chi connectivity index (χ1v) is 7.02. The second-order valence-electron chi connectivity index (χ2n) is 5.20. The highest BCUT2D eigenvalue weighted by Crippen LogP contribution is 2.12. The SMILES string of the molecule is CC[C@H](C)[C@H](NC(=O)c1cccc(OC(C)C)n1)C(=O)O. The molecule has 2 atom stereocenters. The Hall–Kier alpha value is -2.11. The average molecular weight is 294 g/mol. The Labute approximate surface area is 124 Å². The van der Waals surface area contributed by atoms with Crippen molar-refractivity contribution in [2.45, 2.75) is 46.3 Å². The molecule has 0 spiro atoms. The van der Waals surface area contributed by atoms with Crippen LogP contribution in [0.3, 0.4) is 0 Å². The van der Waals surface area contributed by atoms with Gasteiger partial charge in [0.25, 0.3) is 5.91 Å². The summed E-state index contributed by atoms with van der Waals surface area (Å²) in [4.78, 5) is 27.4. The van der Waals surface area contributed by atoms with E-state index >= 15 is 0 Å². The monoisotopic (exact) mass is 294 g/mol. The average Bonchev–Trinajstić information content (AvgIpc) is 2.42. The lowest BCUT2D eigenvalue weighted by Crippen LogP contribution is -2.45. The molecule has 0 aliphatic rings. The molecule has 6 nitrogen and oxygen atoms in total. The van der Waals surface area contributed by atoms with Gasteiger partial charge in [-0.05, 0) is 25.8 Å². The maximum atomic E-state index is 12.1. The van der Waals surface area contributed by atoms with Crippen LogP contribution in [0.25, 0.3) is 0 Å². The van der Waals surface area contributed by atoms with Gasteiger partial charge in [0, 0.05) is 6.07 Å². The van der Waals surface area contributed by atoms with Crippen molar-refractivity contribution in [3.8, 4) is 5.88 Å². The third-order valence-corrected chi connectivity index (χ3v) is 3.08. The van der Waals surface area contributed by atoms with Crippen LogP contribution in [0.4, 0.5) is 0 Å². The fourth-order valence-electron chi connectivity index (χ4n) is 1.75. The number of aromatic nitrogens is 1. The number of ether oxygens (including phenoxy) is 1. The summed E-state index contributed by atoms with van der Waals surface area (Å²) in [5, 5.41) is 11.7. The minimum absolute atomic E-state index is 0.0531. The van der Waals surface area contributed by atoms with Crippen LogP contribution in [0.5, 0.6) is 5.88 Å². The molecule has 2 N–H and O–H groups in total. The lowest BCUT2D eigenvalue weighted by molar-refractivity contribution is -0.140. The first kappa shape index (κ1) is 16.9. The van der Waals surface area contributed by atoms with Crippen LogP contribution in [0.2, 0.25) is 0 Å². The molecule has 6 heteroatoms. The van der Waals surface area contributed by atoms with Crippen LogP contribution in [0.1, 0.15) is 44.6 Å². The van der Waals surface area contributed by atoms with E-state index in [2.05, 4.69) is 10.3 Å². The molecule has 1 heterocycles. The highest BCUT2D eigenvalue weighted by Gasteiger charge is 2.26. The molecular formula is C15H22N2O4. The Morgan fingerprint density at radius 3 is 2.52 bits per heavy atom. The number of aliphatic carboxylic acids is 1. The maximum absolute atomic E-state index is 12.1. The van der Waals surface area contributed by atoms with E-state index in [1.165, 1.54) is 6.07 Å². The Kier molecular flexibility index (Phi) is 6.14. The zero-order valence-electron chi connectivity index (χ0n) is 12.8. The maximum Gasteiger partial charge on any atom is 0.326 e. The third kappa shape index (κ3) is 5.06. The zero-order chi connectivity index (χ0) is 16.0. The lowest BCUT2D eigenvalue weighted by atomic mass is 9.99. The Morgan fingerprint density at radius 2 is 2.00 bits per heavy atom. The Morgan fingerprint density at radius 1 is 1.33 bits per heavy atom. The minimum atomic E-state index is -1.05. The number of carbonyl (C=O) groups excluding carboxylic acids is 1. The van der Waals surface area contributed by atoms with E-state index in [0.717, 1.165) is 0 Å². The normalized spacial score (nSPS) is 13.6. The second kappa shape index (κ2) is 7.61. The van der Waals surface area contributed by atoms with Gasteiger partial charge in [-0.3, -0.25) is 4.79 Å². The molecule has 0 bridgehead atoms. The number of nitrogens with zero attached hydrogens (tertiary/aromatic N) is 1. The smallest absolute Gasteiger partial charge is 0.326 e. The van der Waals surface area contributed by atoms with Crippen molar-refractivity contribution in [1.29, 1.82) is 0 Å². The number of carboxylic acid groups (broad SMARTS) is 1. The molecule has 0 radical (unpaired) electrons. The standard InChI is InChI=1S/C15H22N2O4/c1-5-10(4)13(15(19)20)17-14(18)11-7-6-8-12(16-11)21-9(2)3/h6-10,13H,5H2,1-4H3,(H,17,18)(H,19,20)/t10-,13-/m0/s1. The topological polar surface area (TPSA) is 88.5 Å². The number of rotatable bonds is 7. The lowest BCUT2D eigenvalue weighted by Gasteiger charge is -2.20. The fourth-order valence-corrected chi connectivity index (χ4v) is 1.75. The van der Waals surface area contributed by atoms with Crippen molar-refractivity contribution in [1.82, 2.24) is 10.3 Å². The van der Waals surface area contributed by atoms with Crippen molar-refractivity contribution < 1.29 is 19.4 Å². The largest absolute Gasteiger partial charge is 0.480 e. The molecule has 0 saturated carbocycles. The number of hydrogen-bond acceptors (Lipinski definition) is 4. The van der Waals surface area contributed by atoms with E-state index in [1.54, 1.807) is 19.1 Å². The van der Waals surface area contributed by atoms with Crippen LogP contribution in [0, 0.1) is 5.92 Å². The van der Waals surface area contributed by atoms with Gasteiger partial charge in [0.2, 0.25) is 5.88 Å². The number of amides is 1. The molecule has 0 fully saturated rings. The van der Waals surface area contributed by atoms with E-state index in [-0.39, 0.29) is 17.7 Å². The fraction of sp³-hybridized carbons (Fsp3) is 0.533. The predicted molar refractivity (Wildman–Crippen MR) is 78.3 cm³/mol. The minimum Gasteiger partial charge on any atom is -0.480 e. The van der Waals surface area contributed by atoms with Crippen molar-refractivity contribution in [3.63, 3.8) is 0 Å². The van der Waals surface area contributed by atoms with Gasteiger partial charge >= 0.3 is 5.97 Å². The van der Waals surface area contributed by atoms with Crippen molar-refractivity contribution in [3.05, 3.63) is 23.9 Å². The van der Waals surface area contributed by atoms with Crippen LogP contribution in [-0.2, 0) is 4.79 Å². The summed E-state index contributed by atoms with van der Waals surface area (Å²) < 4.78 is 5.42. The molecule has 0 aliphatic heterocycles. The molecule has 0 saturated heterocycles. The van der Waals surface area contributed by atoms with Crippen LogP contribution >= 0.6 is 0 Å². The molecule has 0 unspecified atom stereocenters. The molecule has 21 heavy (non-hydrogen) atoms. The summed E-state index contributed by atoms with van der Waals surface area (Å²) in [5.41, 5.74) is 0.141. The number of carbonyl (C=O) groups is 2. The summed E-state index contributed by atoms with van der Waals surface area (Å²) in [5.74, 6) is -1.39. The van der Waals surface area contributed by atoms with Crippen molar-refractivity contribution in [2.75, 3.05) is 0 Å². The molecule has 0 aromatic carbocycles. The summed E-state index contributed by atoms with van der Waals surface area (Å²) in [6.45, 7) is 7.38. The molecule has 0 aliphatic carbocycles. The molecule has 1 rings (SSSR count). The Balaban J connectivity index is 2.85. The number of nitrogens with one attached hydrogen (secondary N) is 1. The summed E-state index contributed by atoms with van der Waals surface area (Å²) in [6, 6.07) is 3.90. The van der Waals surface area contributed by atoms with E-state index in [4.69, 9.17) is 4.74 Å². The van der Waals surface area contributed by atoms with Gasteiger partial charge < -0.3 is 15.2 Å². The Bertz CT molecular complexity index is 502. The highest BCUT2D eigenvalue weighted by atomic mass is 16.5. The van der Waals surface area contributed by atoms with E-state index in [9.17, 15) is 14.7 Å². The van der Waals surface area contributed by atoms with Gasteiger partial charge in [-0.15, -0.1) is 0 Å². The molecule has 1 aromatic heterocycles. The van der Waals surface area contributed by atoms with E-state index in [0.29, 0.717) is 12.3 Å². The van der Waals surface area contributed by atoms with Crippen molar-refractivity contribution >= 4 is 11.9 Å². The van der Waals surface area contributed by atoms with E-state index in [1.807, 2.05) is 20.8 Å². The van der Waals surface area contributed by atoms with Crippen LogP contribution in [0.15, 0.2) is 18.2 Å². The summed E-state index contributed by atoms with van der Waals surface area (Å²) in [7, 11) is 0. The number of hydrogen-bond donors (Lipinski definition) is 2. The van der Waals surface area contributed by atoms with Gasteiger partial charge in [-0.25, -0.2) is 9.78 Å². The molecule has 1 amide bonds. The predicted octanol–water partition coefficient (Wildman–Crippen LogP) is 2.10. The molecule has 116 valence electrons. The number of carboxylic acids is 1. The quantitative estimate of drug-likeness (QED) is 0.804. The van der Waals surface area contributed by atoms with E-state index < -0.39 is 17.9 Å². The van der Waals surface area contributed by atoms with Gasteiger partial charge in [-0.1, -0.05) is 26.3 Å². The first-order valence-electron chi connectivity index (χ1n) is 7.02. The molecular weight excluding hydrogens is 272 g/mol. The molecule has 1 aromatic rings. The third-order valence-electron chi connectivity index (χ3n) is 3.08. The van der Waals surface area contributed by atoms with Crippen LogP contribution < -0.4 is 10.1 Å².